The summed E-state index contributed by atoms with van der Waals surface area (Å²) in [6.07, 6.45) is 13.6. The third-order valence-electron chi connectivity index (χ3n) is 7.26. The van der Waals surface area contributed by atoms with Crippen LogP contribution in [0.2, 0.25) is 0 Å². The highest BCUT2D eigenvalue weighted by molar-refractivity contribution is 6.02. The topological polar surface area (TPSA) is 68.2 Å². The highest BCUT2D eigenvalue weighted by Crippen LogP contribution is 2.30. The molecule has 0 saturated carbocycles. The van der Waals surface area contributed by atoms with Gasteiger partial charge in [0.2, 0.25) is 5.91 Å². The van der Waals surface area contributed by atoms with Crippen LogP contribution in [0.4, 0.5) is 0 Å². The minimum absolute atomic E-state index is 0.0164. The van der Waals surface area contributed by atoms with Gasteiger partial charge in [-0.1, -0.05) is 56.0 Å². The number of amidine groups is 1. The van der Waals surface area contributed by atoms with Crippen molar-refractivity contribution in [3.63, 3.8) is 0 Å². The quantitative estimate of drug-likeness (QED) is 0.505. The molecule has 196 valence electrons. The fourth-order valence-corrected chi connectivity index (χ4v) is 5.13. The van der Waals surface area contributed by atoms with E-state index in [9.17, 15) is 9.90 Å². The molecule has 1 amide bonds. The van der Waals surface area contributed by atoms with Crippen molar-refractivity contribution in [1.29, 1.82) is 0 Å². The number of likely N-dealkylation sites (tertiary alicyclic amines) is 1. The number of amides is 1. The molecule has 0 bridgehead atoms. The highest BCUT2D eigenvalue weighted by Gasteiger charge is 2.24. The van der Waals surface area contributed by atoms with E-state index in [1.54, 1.807) is 7.05 Å². The van der Waals surface area contributed by atoms with Gasteiger partial charge < -0.3 is 20.2 Å². The second kappa shape index (κ2) is 12.7. The molecule has 2 N–H and O–H groups in total. The molecule has 1 aliphatic carbocycles. The van der Waals surface area contributed by atoms with Crippen molar-refractivity contribution in [1.82, 2.24) is 15.1 Å². The summed E-state index contributed by atoms with van der Waals surface area (Å²) in [4.78, 5) is 22.1. The Hall–Kier alpha value is -3.38. The van der Waals surface area contributed by atoms with E-state index < -0.39 is 0 Å². The van der Waals surface area contributed by atoms with E-state index in [0.29, 0.717) is 25.9 Å². The lowest BCUT2D eigenvalue weighted by Crippen LogP contribution is -2.35. The van der Waals surface area contributed by atoms with Crippen LogP contribution in [0.5, 0.6) is 0 Å². The Morgan fingerprint density at radius 3 is 2.59 bits per heavy atom. The van der Waals surface area contributed by atoms with Gasteiger partial charge in [-0.25, -0.2) is 0 Å². The maximum absolute atomic E-state index is 13.5. The summed E-state index contributed by atoms with van der Waals surface area (Å²) >= 11 is 0. The van der Waals surface area contributed by atoms with Crippen molar-refractivity contribution in [2.45, 2.75) is 45.4 Å². The summed E-state index contributed by atoms with van der Waals surface area (Å²) in [5.74, 6) is 0.795. The number of carbonyl (C=O) groups is 1. The minimum Gasteiger partial charge on any atom is -0.396 e. The van der Waals surface area contributed by atoms with Gasteiger partial charge in [0.1, 0.15) is 5.84 Å². The molecule has 1 fully saturated rings. The van der Waals surface area contributed by atoms with Gasteiger partial charge in [0.25, 0.3) is 0 Å². The second-order valence-electron chi connectivity index (χ2n) is 9.87. The van der Waals surface area contributed by atoms with Crippen LogP contribution in [0.25, 0.3) is 11.3 Å². The molecule has 6 heteroatoms. The molecule has 1 saturated heterocycles. The number of aliphatic hydroxyl groups is 1. The zero-order valence-electron chi connectivity index (χ0n) is 22.3. The first kappa shape index (κ1) is 26.7. The highest BCUT2D eigenvalue weighted by atomic mass is 16.3. The number of allylic oxidation sites excluding steroid dienone is 5. The molecule has 4 rings (SSSR count). The second-order valence-corrected chi connectivity index (χ2v) is 9.87. The van der Waals surface area contributed by atoms with Crippen molar-refractivity contribution in [2.75, 3.05) is 39.8 Å². The minimum atomic E-state index is 0.0164. The summed E-state index contributed by atoms with van der Waals surface area (Å²) in [5, 5.41) is 12.7. The first-order valence-electron chi connectivity index (χ1n) is 13.5. The van der Waals surface area contributed by atoms with E-state index in [-0.39, 0.29) is 12.5 Å². The van der Waals surface area contributed by atoms with Gasteiger partial charge >= 0.3 is 0 Å². The first-order chi connectivity index (χ1) is 18.0. The van der Waals surface area contributed by atoms with E-state index in [2.05, 4.69) is 71.2 Å². The Labute approximate surface area is 221 Å². The SMILES string of the molecule is C=C(c1ccc(C2=CC=C3C=C(C(=O)N(CCC)CCCO)CC(=NC)NC3=CC2)cc1)N1CCCC1. The van der Waals surface area contributed by atoms with Crippen LogP contribution in [-0.4, -0.2) is 66.5 Å². The Bertz CT molecular complexity index is 1150. The Balaban J connectivity index is 1.59. The molecule has 6 nitrogen and oxygen atoms in total. The van der Waals surface area contributed by atoms with E-state index >= 15 is 0 Å². The lowest BCUT2D eigenvalue weighted by atomic mass is 10.00. The number of carbonyl (C=O) groups excluding carboxylic acids is 1. The van der Waals surface area contributed by atoms with Crippen molar-refractivity contribution in [3.05, 3.63) is 83.1 Å². The average molecular weight is 501 g/mol. The summed E-state index contributed by atoms with van der Waals surface area (Å²) in [6.45, 7) is 9.89. The van der Waals surface area contributed by atoms with Crippen LogP contribution in [0.3, 0.4) is 0 Å². The zero-order chi connectivity index (χ0) is 26.2. The molecular weight excluding hydrogens is 460 g/mol. The summed E-state index contributed by atoms with van der Waals surface area (Å²) in [6, 6.07) is 8.71. The van der Waals surface area contributed by atoms with Crippen molar-refractivity contribution >= 4 is 23.0 Å². The van der Waals surface area contributed by atoms with Crippen molar-refractivity contribution < 1.29 is 9.90 Å². The number of nitrogens with one attached hydrogen (secondary N) is 1. The average Bonchev–Trinajstić information content (AvgIpc) is 3.31. The summed E-state index contributed by atoms with van der Waals surface area (Å²) in [5.41, 5.74) is 7.37. The van der Waals surface area contributed by atoms with Gasteiger partial charge in [-0.05, 0) is 60.5 Å². The largest absolute Gasteiger partial charge is 0.396 e. The van der Waals surface area contributed by atoms with Gasteiger partial charge in [0.15, 0.2) is 0 Å². The predicted molar refractivity (Wildman–Crippen MR) is 153 cm³/mol. The first-order valence-corrected chi connectivity index (χ1v) is 13.5. The molecule has 0 spiro atoms. The Morgan fingerprint density at radius 1 is 1.16 bits per heavy atom. The smallest absolute Gasteiger partial charge is 0.250 e. The zero-order valence-corrected chi connectivity index (χ0v) is 22.3. The van der Waals surface area contributed by atoms with Crippen LogP contribution in [-0.2, 0) is 4.79 Å². The fourth-order valence-electron chi connectivity index (χ4n) is 5.13. The molecule has 0 unspecified atom stereocenters. The molecule has 1 aromatic rings. The normalized spacial score (nSPS) is 18.6. The lowest BCUT2D eigenvalue weighted by Gasteiger charge is -2.23. The number of aliphatic hydroxyl groups excluding tert-OH is 1. The molecule has 0 atom stereocenters. The molecule has 0 radical (unpaired) electrons. The third kappa shape index (κ3) is 6.50. The number of nitrogens with zero attached hydrogens (tertiary/aromatic N) is 3. The van der Waals surface area contributed by atoms with Crippen LogP contribution < -0.4 is 5.32 Å². The van der Waals surface area contributed by atoms with Crippen LogP contribution in [0.15, 0.2) is 77.0 Å². The van der Waals surface area contributed by atoms with Crippen LogP contribution in [0.1, 0.15) is 56.6 Å². The van der Waals surface area contributed by atoms with Gasteiger partial charge in [0.05, 0.1) is 0 Å². The van der Waals surface area contributed by atoms with Gasteiger partial charge in [-0.15, -0.1) is 0 Å². The third-order valence-corrected chi connectivity index (χ3v) is 7.26. The number of fused-ring (bicyclic) bond motifs is 1. The van der Waals surface area contributed by atoms with Crippen molar-refractivity contribution in [3.8, 4) is 0 Å². The molecule has 2 heterocycles. The molecule has 2 aliphatic heterocycles. The standard InChI is InChI=1S/C31H40N4O2/c1-4-16-35(19-7-20-36)31(37)28-21-27-13-12-26(14-15-29(27)33-30(22-28)32-3)25-10-8-24(9-11-25)23(2)34-17-5-6-18-34/h8-13,15,21,36H,2,4-7,14,16-20,22H2,1,3H3,(H,32,33). The molecule has 0 aromatic heterocycles. The van der Waals surface area contributed by atoms with Crippen LogP contribution >= 0.6 is 0 Å². The summed E-state index contributed by atoms with van der Waals surface area (Å²) < 4.78 is 0. The van der Waals surface area contributed by atoms with Gasteiger partial charge in [0, 0.05) is 63.2 Å². The number of rotatable bonds is 9. The number of aliphatic imine (C=N–C) groups is 1. The van der Waals surface area contributed by atoms with Gasteiger partial charge in [-0.2, -0.15) is 0 Å². The summed E-state index contributed by atoms with van der Waals surface area (Å²) in [7, 11) is 1.76. The fraction of sp³-hybridized carbons (Fsp3) is 0.419. The molecule has 3 aliphatic rings. The molecule has 37 heavy (non-hydrogen) atoms. The molecular formula is C31H40N4O2. The van der Waals surface area contributed by atoms with Gasteiger partial charge in [-0.3, -0.25) is 9.79 Å². The Morgan fingerprint density at radius 2 is 1.92 bits per heavy atom. The van der Waals surface area contributed by atoms with Crippen molar-refractivity contribution in [2.24, 2.45) is 4.99 Å². The molecule has 1 aromatic carbocycles. The number of hydrogen-bond acceptors (Lipinski definition) is 4. The maximum Gasteiger partial charge on any atom is 0.250 e. The van der Waals surface area contributed by atoms with Crippen LogP contribution in [0, 0.1) is 0 Å². The van der Waals surface area contributed by atoms with E-state index in [0.717, 1.165) is 54.3 Å². The van der Waals surface area contributed by atoms with E-state index in [1.807, 2.05) is 11.0 Å². The monoisotopic (exact) mass is 500 g/mol. The maximum atomic E-state index is 13.5. The number of hydrogen-bond donors (Lipinski definition) is 2. The van der Waals surface area contributed by atoms with E-state index in [1.165, 1.54) is 29.5 Å². The Kier molecular flexibility index (Phi) is 9.18. The number of benzene rings is 1. The lowest BCUT2D eigenvalue weighted by molar-refractivity contribution is -0.127. The predicted octanol–water partition coefficient (Wildman–Crippen LogP) is 4.92. The van der Waals surface area contributed by atoms with E-state index in [4.69, 9.17) is 0 Å².